The van der Waals surface area contributed by atoms with Crippen LogP contribution in [0.1, 0.15) is 30.7 Å². The zero-order valence-corrected chi connectivity index (χ0v) is 11.2. The van der Waals surface area contributed by atoms with Crippen molar-refractivity contribution in [2.45, 2.75) is 25.2 Å². The smallest absolute Gasteiger partial charge is 0.123 e. The minimum Gasteiger partial charge on any atom is -0.496 e. The zero-order valence-electron chi connectivity index (χ0n) is 11.2. The van der Waals surface area contributed by atoms with E-state index >= 15 is 0 Å². The van der Waals surface area contributed by atoms with E-state index in [4.69, 9.17) is 4.74 Å². The third-order valence-electron chi connectivity index (χ3n) is 3.61. The highest BCUT2D eigenvalue weighted by atomic mass is 19.1. The van der Waals surface area contributed by atoms with E-state index in [9.17, 15) is 9.65 Å². The quantitative estimate of drug-likeness (QED) is 0.837. The standard InChI is InChI=1S/C15H19FN2O/c1-19-15-6-5-13(16)9-14(15)12(10-17)11-18-7-3-2-4-8-18/h5-6,9,12H,2-4,7-8,11H2,1H3. The van der Waals surface area contributed by atoms with Crippen molar-refractivity contribution in [1.29, 1.82) is 5.26 Å². The van der Waals surface area contributed by atoms with Gasteiger partial charge in [-0.25, -0.2) is 4.39 Å². The van der Waals surface area contributed by atoms with Crippen LogP contribution in [0.15, 0.2) is 18.2 Å². The Morgan fingerprint density at radius 2 is 2.11 bits per heavy atom. The van der Waals surface area contributed by atoms with Gasteiger partial charge in [0, 0.05) is 12.1 Å². The second kappa shape index (κ2) is 6.53. The zero-order chi connectivity index (χ0) is 13.7. The van der Waals surface area contributed by atoms with Gasteiger partial charge in [-0.15, -0.1) is 0 Å². The fraction of sp³-hybridized carbons (Fsp3) is 0.533. The largest absolute Gasteiger partial charge is 0.496 e. The van der Waals surface area contributed by atoms with Gasteiger partial charge in [-0.2, -0.15) is 5.26 Å². The number of rotatable bonds is 4. The monoisotopic (exact) mass is 262 g/mol. The number of likely N-dealkylation sites (tertiary alicyclic amines) is 1. The lowest BCUT2D eigenvalue weighted by molar-refractivity contribution is 0.224. The van der Waals surface area contributed by atoms with Crippen LogP contribution in [0.5, 0.6) is 5.75 Å². The Hall–Kier alpha value is -1.60. The Kier molecular flexibility index (Phi) is 4.75. The number of nitriles is 1. The van der Waals surface area contributed by atoms with Gasteiger partial charge in [0.25, 0.3) is 0 Å². The fourth-order valence-electron chi connectivity index (χ4n) is 2.59. The number of halogens is 1. The number of ether oxygens (including phenoxy) is 1. The number of piperidine rings is 1. The van der Waals surface area contributed by atoms with Gasteiger partial charge < -0.3 is 9.64 Å². The van der Waals surface area contributed by atoms with E-state index in [0.717, 1.165) is 13.1 Å². The molecule has 1 aliphatic heterocycles. The predicted molar refractivity (Wildman–Crippen MR) is 71.6 cm³/mol. The number of benzene rings is 1. The van der Waals surface area contributed by atoms with E-state index in [1.165, 1.54) is 31.4 Å². The molecule has 0 aliphatic carbocycles. The van der Waals surface area contributed by atoms with Crippen LogP contribution in [0.2, 0.25) is 0 Å². The molecule has 0 N–H and O–H groups in total. The molecule has 0 spiro atoms. The Balaban J connectivity index is 2.16. The second-order valence-corrected chi connectivity index (χ2v) is 4.93. The van der Waals surface area contributed by atoms with Crippen molar-refractivity contribution in [3.05, 3.63) is 29.6 Å². The summed E-state index contributed by atoms with van der Waals surface area (Å²) in [5.41, 5.74) is 0.649. The molecule has 1 fully saturated rings. The first-order valence-corrected chi connectivity index (χ1v) is 6.70. The van der Waals surface area contributed by atoms with Crippen LogP contribution in [0.4, 0.5) is 4.39 Å². The van der Waals surface area contributed by atoms with Crippen LogP contribution in [0, 0.1) is 17.1 Å². The third-order valence-corrected chi connectivity index (χ3v) is 3.61. The van der Waals surface area contributed by atoms with E-state index in [-0.39, 0.29) is 11.7 Å². The van der Waals surface area contributed by atoms with Gasteiger partial charge in [0.05, 0.1) is 19.1 Å². The molecular weight excluding hydrogens is 243 g/mol. The predicted octanol–water partition coefficient (Wildman–Crippen LogP) is 2.93. The molecule has 3 nitrogen and oxygen atoms in total. The lowest BCUT2D eigenvalue weighted by atomic mass is 9.97. The highest BCUT2D eigenvalue weighted by Crippen LogP contribution is 2.28. The topological polar surface area (TPSA) is 36.3 Å². The van der Waals surface area contributed by atoms with Gasteiger partial charge in [0.15, 0.2) is 0 Å². The molecule has 1 aromatic rings. The third kappa shape index (κ3) is 3.45. The molecule has 1 unspecified atom stereocenters. The summed E-state index contributed by atoms with van der Waals surface area (Å²) >= 11 is 0. The average molecular weight is 262 g/mol. The van der Waals surface area contributed by atoms with Crippen molar-refractivity contribution < 1.29 is 9.13 Å². The molecule has 1 heterocycles. The molecule has 1 aliphatic rings. The molecule has 2 rings (SSSR count). The first-order valence-electron chi connectivity index (χ1n) is 6.70. The molecule has 0 amide bonds. The molecular formula is C15H19FN2O. The van der Waals surface area contributed by atoms with Gasteiger partial charge in [0.1, 0.15) is 11.6 Å². The number of hydrogen-bond acceptors (Lipinski definition) is 3. The van der Waals surface area contributed by atoms with E-state index in [2.05, 4.69) is 11.0 Å². The van der Waals surface area contributed by atoms with Crippen LogP contribution in [0.3, 0.4) is 0 Å². The summed E-state index contributed by atoms with van der Waals surface area (Å²) in [6.45, 7) is 2.70. The van der Waals surface area contributed by atoms with Crippen molar-refractivity contribution in [2.75, 3.05) is 26.7 Å². The molecule has 1 saturated heterocycles. The average Bonchev–Trinajstić information content (AvgIpc) is 2.46. The van der Waals surface area contributed by atoms with Crippen LogP contribution in [-0.4, -0.2) is 31.6 Å². The first kappa shape index (κ1) is 13.8. The fourth-order valence-corrected chi connectivity index (χ4v) is 2.59. The van der Waals surface area contributed by atoms with Crippen LogP contribution >= 0.6 is 0 Å². The Morgan fingerprint density at radius 3 is 2.74 bits per heavy atom. The van der Waals surface area contributed by atoms with Crippen molar-refractivity contribution in [3.63, 3.8) is 0 Å². The number of hydrogen-bond donors (Lipinski definition) is 0. The van der Waals surface area contributed by atoms with Gasteiger partial charge in [0.2, 0.25) is 0 Å². The molecule has 0 radical (unpaired) electrons. The van der Waals surface area contributed by atoms with Gasteiger partial charge in [-0.05, 0) is 44.1 Å². The van der Waals surface area contributed by atoms with Crippen molar-refractivity contribution >= 4 is 0 Å². The minimum absolute atomic E-state index is 0.324. The molecule has 1 atom stereocenters. The molecule has 102 valence electrons. The maximum atomic E-state index is 13.4. The summed E-state index contributed by atoms with van der Waals surface area (Å²) in [5.74, 6) is -0.0802. The molecule has 1 aromatic carbocycles. The molecule has 19 heavy (non-hydrogen) atoms. The Bertz CT molecular complexity index is 464. The van der Waals surface area contributed by atoms with E-state index in [1.54, 1.807) is 13.2 Å². The molecule has 4 heteroatoms. The van der Waals surface area contributed by atoms with Crippen molar-refractivity contribution in [2.24, 2.45) is 0 Å². The maximum Gasteiger partial charge on any atom is 0.123 e. The highest BCUT2D eigenvalue weighted by molar-refractivity contribution is 5.39. The van der Waals surface area contributed by atoms with Gasteiger partial charge in [-0.1, -0.05) is 6.42 Å². The second-order valence-electron chi connectivity index (χ2n) is 4.93. The number of nitrogens with zero attached hydrogens (tertiary/aromatic N) is 2. The van der Waals surface area contributed by atoms with Gasteiger partial charge >= 0.3 is 0 Å². The Morgan fingerprint density at radius 1 is 1.37 bits per heavy atom. The number of methoxy groups -OCH3 is 1. The van der Waals surface area contributed by atoms with Crippen molar-refractivity contribution in [3.8, 4) is 11.8 Å². The van der Waals surface area contributed by atoms with E-state index < -0.39 is 0 Å². The lowest BCUT2D eigenvalue weighted by Gasteiger charge is -2.28. The van der Waals surface area contributed by atoms with E-state index in [1.807, 2.05) is 0 Å². The lowest BCUT2D eigenvalue weighted by Crippen LogP contribution is -2.33. The molecule has 0 aromatic heterocycles. The summed E-state index contributed by atoms with van der Waals surface area (Å²) in [6.07, 6.45) is 3.62. The summed E-state index contributed by atoms with van der Waals surface area (Å²) in [6, 6.07) is 6.64. The first-order chi connectivity index (χ1) is 9.24. The minimum atomic E-state index is -0.344. The summed E-state index contributed by atoms with van der Waals surface area (Å²) in [4.78, 5) is 2.28. The van der Waals surface area contributed by atoms with Crippen LogP contribution in [0.25, 0.3) is 0 Å². The summed E-state index contributed by atoms with van der Waals surface area (Å²) in [5, 5.41) is 9.37. The molecule has 0 bridgehead atoms. The summed E-state index contributed by atoms with van der Waals surface area (Å²) < 4.78 is 18.6. The normalized spacial score (nSPS) is 17.7. The maximum absolute atomic E-state index is 13.4. The van der Waals surface area contributed by atoms with Gasteiger partial charge in [-0.3, -0.25) is 0 Å². The SMILES string of the molecule is COc1ccc(F)cc1C(C#N)CN1CCCCC1. The van der Waals surface area contributed by atoms with Crippen LogP contribution < -0.4 is 4.74 Å². The van der Waals surface area contributed by atoms with Crippen LogP contribution in [-0.2, 0) is 0 Å². The van der Waals surface area contributed by atoms with Crippen molar-refractivity contribution in [1.82, 2.24) is 4.90 Å². The molecule has 0 saturated carbocycles. The summed E-state index contributed by atoms with van der Waals surface area (Å²) in [7, 11) is 1.55. The highest BCUT2D eigenvalue weighted by Gasteiger charge is 2.21. The Labute approximate surface area is 113 Å². The van der Waals surface area contributed by atoms with E-state index in [0.29, 0.717) is 17.9 Å².